The average molecular weight is 172 g/mol. The molecule has 3 N–H and O–H groups in total. The van der Waals surface area contributed by atoms with E-state index in [4.69, 9.17) is 10.5 Å². The number of methoxy groups -OCH3 is 1. The Balaban J connectivity index is 2.20. The third kappa shape index (κ3) is 3.09. The highest BCUT2D eigenvalue weighted by Crippen LogP contribution is 2.28. The molecule has 1 unspecified atom stereocenters. The summed E-state index contributed by atoms with van der Waals surface area (Å²) in [4.78, 5) is 0. The number of rotatable bonds is 6. The third-order valence-electron chi connectivity index (χ3n) is 2.43. The first-order valence-corrected chi connectivity index (χ1v) is 4.64. The zero-order valence-corrected chi connectivity index (χ0v) is 8.10. The summed E-state index contributed by atoms with van der Waals surface area (Å²) in [7, 11) is 1.71. The predicted molar refractivity (Wildman–Crippen MR) is 50.1 cm³/mol. The molecule has 1 rings (SSSR count). The Morgan fingerprint density at radius 3 is 2.67 bits per heavy atom. The molecule has 12 heavy (non-hydrogen) atoms. The number of hydrogen-bond acceptors (Lipinski definition) is 3. The predicted octanol–water partition coefficient (Wildman–Crippen LogP) is 0.350. The molecular formula is C9H20N2O. The lowest BCUT2D eigenvalue weighted by atomic mass is 10.0. The molecule has 0 spiro atoms. The van der Waals surface area contributed by atoms with Gasteiger partial charge in [0, 0.05) is 13.7 Å². The summed E-state index contributed by atoms with van der Waals surface area (Å²) in [5.74, 6) is 0.896. The second-order valence-corrected chi connectivity index (χ2v) is 4.02. The first kappa shape index (κ1) is 9.96. The van der Waals surface area contributed by atoms with Gasteiger partial charge in [-0.15, -0.1) is 0 Å². The van der Waals surface area contributed by atoms with Crippen LogP contribution in [0, 0.1) is 5.92 Å². The standard InChI is InChI=1S/C9H20N2O/c1-9(6-10,7-12-2)11-5-8-3-4-8/h8,11H,3-7,10H2,1-2H3. The van der Waals surface area contributed by atoms with E-state index in [1.54, 1.807) is 7.11 Å². The summed E-state index contributed by atoms with van der Waals surface area (Å²) in [6.07, 6.45) is 2.75. The molecule has 3 nitrogen and oxygen atoms in total. The van der Waals surface area contributed by atoms with Crippen molar-refractivity contribution in [3.8, 4) is 0 Å². The molecule has 72 valence electrons. The van der Waals surface area contributed by atoms with Crippen molar-refractivity contribution in [3.05, 3.63) is 0 Å². The monoisotopic (exact) mass is 172 g/mol. The first-order valence-electron chi connectivity index (χ1n) is 4.64. The van der Waals surface area contributed by atoms with Crippen molar-refractivity contribution in [2.75, 3.05) is 26.8 Å². The molecule has 0 amide bonds. The van der Waals surface area contributed by atoms with Gasteiger partial charge in [0.15, 0.2) is 0 Å². The Morgan fingerprint density at radius 2 is 2.25 bits per heavy atom. The lowest BCUT2D eigenvalue weighted by Gasteiger charge is -2.28. The number of hydrogen-bond donors (Lipinski definition) is 2. The molecule has 0 radical (unpaired) electrons. The summed E-state index contributed by atoms with van der Waals surface area (Å²) < 4.78 is 5.11. The van der Waals surface area contributed by atoms with Crippen LogP contribution in [-0.2, 0) is 4.74 Å². The lowest BCUT2D eigenvalue weighted by Crippen LogP contribution is -2.52. The maximum Gasteiger partial charge on any atom is 0.0654 e. The minimum Gasteiger partial charge on any atom is -0.383 e. The molecule has 0 heterocycles. The SMILES string of the molecule is COCC(C)(CN)NCC1CC1. The van der Waals surface area contributed by atoms with Gasteiger partial charge in [0.05, 0.1) is 12.1 Å². The third-order valence-corrected chi connectivity index (χ3v) is 2.43. The van der Waals surface area contributed by atoms with Crippen molar-refractivity contribution in [2.45, 2.75) is 25.3 Å². The van der Waals surface area contributed by atoms with Gasteiger partial charge in [-0.05, 0) is 32.2 Å². The van der Waals surface area contributed by atoms with E-state index in [9.17, 15) is 0 Å². The molecule has 0 aromatic carbocycles. The quantitative estimate of drug-likeness (QED) is 0.608. The molecular weight excluding hydrogens is 152 g/mol. The van der Waals surface area contributed by atoms with E-state index in [-0.39, 0.29) is 5.54 Å². The second kappa shape index (κ2) is 4.21. The van der Waals surface area contributed by atoms with Crippen LogP contribution in [0.1, 0.15) is 19.8 Å². The lowest BCUT2D eigenvalue weighted by molar-refractivity contribution is 0.122. The zero-order chi connectivity index (χ0) is 9.03. The van der Waals surface area contributed by atoms with Crippen LogP contribution in [0.15, 0.2) is 0 Å². The summed E-state index contributed by atoms with van der Waals surface area (Å²) in [5.41, 5.74) is 5.63. The van der Waals surface area contributed by atoms with Crippen LogP contribution < -0.4 is 11.1 Å². The minimum absolute atomic E-state index is 0.0304. The minimum atomic E-state index is -0.0304. The van der Waals surface area contributed by atoms with Gasteiger partial charge >= 0.3 is 0 Å². The molecule has 0 bridgehead atoms. The molecule has 1 fully saturated rings. The van der Waals surface area contributed by atoms with Crippen molar-refractivity contribution >= 4 is 0 Å². The van der Waals surface area contributed by atoms with Gasteiger partial charge in [-0.3, -0.25) is 0 Å². The van der Waals surface area contributed by atoms with Gasteiger partial charge in [0.1, 0.15) is 0 Å². The number of nitrogens with one attached hydrogen (secondary N) is 1. The van der Waals surface area contributed by atoms with Crippen molar-refractivity contribution in [1.29, 1.82) is 0 Å². The summed E-state index contributed by atoms with van der Waals surface area (Å²) in [6.45, 7) is 4.53. The van der Waals surface area contributed by atoms with Crippen molar-refractivity contribution in [2.24, 2.45) is 11.7 Å². The fraction of sp³-hybridized carbons (Fsp3) is 1.00. The topological polar surface area (TPSA) is 47.3 Å². The Hall–Kier alpha value is -0.120. The molecule has 0 aliphatic heterocycles. The number of ether oxygens (including phenoxy) is 1. The fourth-order valence-electron chi connectivity index (χ4n) is 1.21. The average Bonchev–Trinajstić information content (AvgIpc) is 2.85. The largest absolute Gasteiger partial charge is 0.383 e. The smallest absolute Gasteiger partial charge is 0.0654 e. The summed E-state index contributed by atoms with van der Waals surface area (Å²) in [6, 6.07) is 0. The summed E-state index contributed by atoms with van der Waals surface area (Å²) >= 11 is 0. The van der Waals surface area contributed by atoms with Gasteiger partial charge in [0.2, 0.25) is 0 Å². The summed E-state index contributed by atoms with van der Waals surface area (Å²) in [5, 5.41) is 3.46. The van der Waals surface area contributed by atoms with Crippen molar-refractivity contribution in [1.82, 2.24) is 5.32 Å². The van der Waals surface area contributed by atoms with E-state index >= 15 is 0 Å². The van der Waals surface area contributed by atoms with Crippen LogP contribution in [0.2, 0.25) is 0 Å². The Morgan fingerprint density at radius 1 is 1.58 bits per heavy atom. The van der Waals surface area contributed by atoms with Crippen LogP contribution in [0.5, 0.6) is 0 Å². The van der Waals surface area contributed by atoms with E-state index in [2.05, 4.69) is 12.2 Å². The zero-order valence-electron chi connectivity index (χ0n) is 8.10. The molecule has 3 heteroatoms. The van der Waals surface area contributed by atoms with Gasteiger partial charge < -0.3 is 15.8 Å². The van der Waals surface area contributed by atoms with E-state index in [1.165, 1.54) is 12.8 Å². The van der Waals surface area contributed by atoms with Crippen LogP contribution in [0.4, 0.5) is 0 Å². The Bertz CT molecular complexity index is 136. The molecule has 0 saturated heterocycles. The van der Waals surface area contributed by atoms with Crippen LogP contribution in [-0.4, -0.2) is 32.3 Å². The molecule has 1 saturated carbocycles. The maximum atomic E-state index is 5.66. The molecule has 1 aliphatic rings. The molecule has 1 atom stereocenters. The number of nitrogens with two attached hydrogens (primary N) is 1. The van der Waals surface area contributed by atoms with Gasteiger partial charge in [-0.1, -0.05) is 0 Å². The molecule has 1 aliphatic carbocycles. The highest BCUT2D eigenvalue weighted by Gasteiger charge is 2.27. The van der Waals surface area contributed by atoms with E-state index in [1.807, 2.05) is 0 Å². The maximum absolute atomic E-state index is 5.66. The van der Waals surface area contributed by atoms with Gasteiger partial charge in [0.25, 0.3) is 0 Å². The van der Waals surface area contributed by atoms with Crippen molar-refractivity contribution < 1.29 is 4.74 Å². The van der Waals surface area contributed by atoms with E-state index < -0.39 is 0 Å². The highest BCUT2D eigenvalue weighted by atomic mass is 16.5. The normalized spacial score (nSPS) is 22.2. The first-order chi connectivity index (χ1) is 5.70. The molecule has 0 aromatic heterocycles. The fourth-order valence-corrected chi connectivity index (χ4v) is 1.21. The second-order valence-electron chi connectivity index (χ2n) is 4.02. The van der Waals surface area contributed by atoms with E-state index in [0.717, 1.165) is 12.5 Å². The van der Waals surface area contributed by atoms with Crippen LogP contribution >= 0.6 is 0 Å². The molecule has 0 aromatic rings. The van der Waals surface area contributed by atoms with Crippen molar-refractivity contribution in [3.63, 3.8) is 0 Å². The van der Waals surface area contributed by atoms with Crippen LogP contribution in [0.25, 0.3) is 0 Å². The van der Waals surface area contributed by atoms with Gasteiger partial charge in [-0.2, -0.15) is 0 Å². The highest BCUT2D eigenvalue weighted by molar-refractivity contribution is 4.87. The van der Waals surface area contributed by atoms with Crippen LogP contribution in [0.3, 0.4) is 0 Å². The van der Waals surface area contributed by atoms with E-state index in [0.29, 0.717) is 13.2 Å². The Labute approximate surface area is 74.7 Å². The van der Waals surface area contributed by atoms with Gasteiger partial charge in [-0.25, -0.2) is 0 Å². The Kier molecular flexibility index (Phi) is 3.50.